The van der Waals surface area contributed by atoms with Crippen molar-refractivity contribution in [1.82, 2.24) is 0 Å². The van der Waals surface area contributed by atoms with E-state index in [-0.39, 0.29) is 9.96 Å². The minimum atomic E-state index is -3.56. The molecule has 0 spiro atoms. The number of benzene rings is 1. The number of phenols is 1. The minimum Gasteiger partial charge on any atom is -0.508 e. The molecule has 0 aliphatic rings. The second-order valence-corrected chi connectivity index (χ2v) is 6.81. The van der Waals surface area contributed by atoms with Gasteiger partial charge in [0.05, 0.1) is 5.69 Å². The number of hydrogen-bond acceptors (Lipinski definition) is 4. The molecule has 0 amide bonds. The molecule has 0 unspecified atom stereocenters. The third kappa shape index (κ3) is 2.83. The van der Waals surface area contributed by atoms with Gasteiger partial charge in [-0.2, -0.15) is 0 Å². The second-order valence-electron chi connectivity index (χ2n) is 3.73. The number of thiophene rings is 1. The molecule has 0 atom stereocenters. The van der Waals surface area contributed by atoms with Gasteiger partial charge >= 0.3 is 0 Å². The zero-order valence-corrected chi connectivity index (χ0v) is 11.4. The summed E-state index contributed by atoms with van der Waals surface area (Å²) in [4.78, 5) is 1.02. The van der Waals surface area contributed by atoms with Gasteiger partial charge in [-0.3, -0.25) is 4.72 Å². The third-order valence-electron chi connectivity index (χ3n) is 2.35. The molecule has 0 radical (unpaired) electrons. The maximum absolute atomic E-state index is 12.1. The standard InChI is InChI=1S/C12H13NO3S2/c1-2-11-6-7-12(17-11)18(15,16)13-9-4-3-5-10(14)8-9/h3-8,13-14H,2H2,1H3. The summed E-state index contributed by atoms with van der Waals surface area (Å²) in [6, 6.07) is 9.42. The van der Waals surface area contributed by atoms with Gasteiger partial charge in [-0.1, -0.05) is 13.0 Å². The van der Waals surface area contributed by atoms with Crippen molar-refractivity contribution in [2.45, 2.75) is 17.6 Å². The predicted molar refractivity (Wildman–Crippen MR) is 72.6 cm³/mol. The summed E-state index contributed by atoms with van der Waals surface area (Å²) in [6.07, 6.45) is 0.812. The number of rotatable bonds is 4. The van der Waals surface area contributed by atoms with Crippen molar-refractivity contribution < 1.29 is 13.5 Å². The fraction of sp³-hybridized carbons (Fsp3) is 0.167. The first-order chi connectivity index (χ1) is 8.51. The van der Waals surface area contributed by atoms with E-state index < -0.39 is 10.0 Å². The van der Waals surface area contributed by atoms with Gasteiger partial charge in [0.1, 0.15) is 9.96 Å². The lowest BCUT2D eigenvalue weighted by molar-refractivity contribution is 0.475. The van der Waals surface area contributed by atoms with Crippen LogP contribution in [0.5, 0.6) is 5.75 Å². The van der Waals surface area contributed by atoms with Gasteiger partial charge in [0, 0.05) is 10.9 Å². The van der Waals surface area contributed by atoms with E-state index in [1.807, 2.05) is 13.0 Å². The van der Waals surface area contributed by atoms with Gasteiger partial charge in [-0.05, 0) is 30.7 Å². The fourth-order valence-corrected chi connectivity index (χ4v) is 3.81. The van der Waals surface area contributed by atoms with E-state index in [4.69, 9.17) is 0 Å². The van der Waals surface area contributed by atoms with Gasteiger partial charge in [0.25, 0.3) is 10.0 Å². The van der Waals surface area contributed by atoms with Crippen LogP contribution in [0.15, 0.2) is 40.6 Å². The Labute approximate surface area is 110 Å². The molecule has 1 aromatic heterocycles. The Kier molecular flexibility index (Phi) is 3.58. The number of phenolic OH excluding ortho intramolecular Hbond substituents is 1. The molecule has 6 heteroatoms. The first-order valence-electron chi connectivity index (χ1n) is 5.42. The highest BCUT2D eigenvalue weighted by Crippen LogP contribution is 2.25. The molecule has 18 heavy (non-hydrogen) atoms. The summed E-state index contributed by atoms with van der Waals surface area (Å²) >= 11 is 1.25. The molecule has 1 heterocycles. The van der Waals surface area contributed by atoms with Crippen molar-refractivity contribution in [2.75, 3.05) is 4.72 Å². The van der Waals surface area contributed by atoms with Gasteiger partial charge in [-0.15, -0.1) is 11.3 Å². The number of anilines is 1. The molecule has 0 aliphatic heterocycles. The summed E-state index contributed by atoms with van der Waals surface area (Å²) in [5.74, 6) is 0.0237. The van der Waals surface area contributed by atoms with Crippen molar-refractivity contribution in [3.8, 4) is 5.75 Å². The number of aromatic hydroxyl groups is 1. The van der Waals surface area contributed by atoms with Crippen LogP contribution in [0.4, 0.5) is 5.69 Å². The number of sulfonamides is 1. The zero-order valence-electron chi connectivity index (χ0n) is 9.75. The molecule has 0 saturated heterocycles. The highest BCUT2D eigenvalue weighted by Gasteiger charge is 2.16. The highest BCUT2D eigenvalue weighted by atomic mass is 32.2. The quantitative estimate of drug-likeness (QED) is 0.906. The molecule has 4 nitrogen and oxygen atoms in total. The number of nitrogens with one attached hydrogen (secondary N) is 1. The van der Waals surface area contributed by atoms with Crippen LogP contribution in [-0.2, 0) is 16.4 Å². The van der Waals surface area contributed by atoms with Crippen molar-refractivity contribution in [1.29, 1.82) is 0 Å². The number of aryl methyl sites for hydroxylation is 1. The molecular formula is C12H13NO3S2. The monoisotopic (exact) mass is 283 g/mol. The van der Waals surface area contributed by atoms with E-state index in [1.54, 1.807) is 18.2 Å². The Morgan fingerprint density at radius 1 is 1.28 bits per heavy atom. The van der Waals surface area contributed by atoms with Crippen molar-refractivity contribution in [2.24, 2.45) is 0 Å². The maximum atomic E-state index is 12.1. The summed E-state index contributed by atoms with van der Waals surface area (Å²) in [7, 11) is -3.56. The Morgan fingerprint density at radius 3 is 2.67 bits per heavy atom. The first kappa shape index (κ1) is 12.9. The van der Waals surface area contributed by atoms with Crippen LogP contribution in [0.3, 0.4) is 0 Å². The normalized spacial score (nSPS) is 11.4. The summed E-state index contributed by atoms with van der Waals surface area (Å²) in [5.41, 5.74) is 0.349. The molecule has 0 saturated carbocycles. The predicted octanol–water partition coefficient (Wildman–Crippen LogP) is 2.82. The van der Waals surface area contributed by atoms with Crippen molar-refractivity contribution in [3.63, 3.8) is 0 Å². The first-order valence-corrected chi connectivity index (χ1v) is 7.72. The van der Waals surface area contributed by atoms with Gasteiger partial charge in [0.15, 0.2) is 0 Å². The molecule has 1 aromatic carbocycles. The highest BCUT2D eigenvalue weighted by molar-refractivity contribution is 7.94. The molecule has 0 fully saturated rings. The summed E-state index contributed by atoms with van der Waals surface area (Å²) < 4.78 is 26.8. The topological polar surface area (TPSA) is 66.4 Å². The van der Waals surface area contributed by atoms with Crippen LogP contribution >= 0.6 is 11.3 Å². The molecular weight excluding hydrogens is 270 g/mol. The Morgan fingerprint density at radius 2 is 2.06 bits per heavy atom. The van der Waals surface area contributed by atoms with E-state index in [9.17, 15) is 13.5 Å². The van der Waals surface area contributed by atoms with Crippen molar-refractivity contribution in [3.05, 3.63) is 41.3 Å². The lowest BCUT2D eigenvalue weighted by Gasteiger charge is -2.06. The van der Waals surface area contributed by atoms with Crippen LogP contribution in [0.2, 0.25) is 0 Å². The Balaban J connectivity index is 2.27. The molecule has 0 aliphatic carbocycles. The molecule has 2 rings (SSSR count). The van der Waals surface area contributed by atoms with Crippen LogP contribution in [-0.4, -0.2) is 13.5 Å². The van der Waals surface area contributed by atoms with E-state index in [0.29, 0.717) is 5.69 Å². The Bertz CT molecular complexity index is 647. The molecule has 2 N–H and O–H groups in total. The van der Waals surface area contributed by atoms with Gasteiger partial charge in [-0.25, -0.2) is 8.42 Å². The lowest BCUT2D eigenvalue weighted by Crippen LogP contribution is -2.11. The van der Waals surface area contributed by atoms with Gasteiger partial charge in [0.2, 0.25) is 0 Å². The molecule has 96 valence electrons. The van der Waals surface area contributed by atoms with Crippen LogP contribution in [0, 0.1) is 0 Å². The van der Waals surface area contributed by atoms with Crippen LogP contribution in [0.25, 0.3) is 0 Å². The largest absolute Gasteiger partial charge is 0.508 e. The van der Waals surface area contributed by atoms with E-state index in [0.717, 1.165) is 11.3 Å². The molecule has 2 aromatic rings. The van der Waals surface area contributed by atoms with Crippen LogP contribution < -0.4 is 4.72 Å². The summed E-state index contributed by atoms with van der Waals surface area (Å²) in [6.45, 7) is 1.98. The molecule has 0 bridgehead atoms. The van der Waals surface area contributed by atoms with E-state index >= 15 is 0 Å². The van der Waals surface area contributed by atoms with Crippen LogP contribution in [0.1, 0.15) is 11.8 Å². The second kappa shape index (κ2) is 4.99. The van der Waals surface area contributed by atoms with E-state index in [2.05, 4.69) is 4.72 Å². The lowest BCUT2D eigenvalue weighted by atomic mass is 10.3. The van der Waals surface area contributed by atoms with Gasteiger partial charge < -0.3 is 5.11 Å². The average Bonchev–Trinajstić information content (AvgIpc) is 2.77. The number of hydrogen-bond donors (Lipinski definition) is 2. The summed E-state index contributed by atoms with van der Waals surface area (Å²) in [5, 5.41) is 9.29. The third-order valence-corrected chi connectivity index (χ3v) is 5.45. The average molecular weight is 283 g/mol. The zero-order chi connectivity index (χ0) is 13.2. The van der Waals surface area contributed by atoms with E-state index in [1.165, 1.54) is 23.5 Å². The maximum Gasteiger partial charge on any atom is 0.271 e. The minimum absolute atomic E-state index is 0.0237. The Hall–Kier alpha value is -1.53. The smallest absolute Gasteiger partial charge is 0.271 e. The fourth-order valence-electron chi connectivity index (χ4n) is 1.47. The van der Waals surface area contributed by atoms with Crippen molar-refractivity contribution >= 4 is 27.0 Å². The SMILES string of the molecule is CCc1ccc(S(=O)(=O)Nc2cccc(O)c2)s1.